The van der Waals surface area contributed by atoms with Gasteiger partial charge < -0.3 is 10.1 Å². The number of nitrogens with one attached hydrogen (secondary N) is 1. The number of nitrogens with zero attached hydrogens (tertiary/aromatic N) is 2. The number of ether oxygens (including phenoxy) is 1. The summed E-state index contributed by atoms with van der Waals surface area (Å²) < 4.78 is 5.38. The summed E-state index contributed by atoms with van der Waals surface area (Å²) in [6.45, 7) is 4.49. The first kappa shape index (κ1) is 13.8. The Hall–Kier alpha value is -1.13. The summed E-state index contributed by atoms with van der Waals surface area (Å²) in [5, 5.41) is 3.61. The zero-order chi connectivity index (χ0) is 13.8. The molecule has 0 aromatic carbocycles. The maximum atomic E-state index is 5.38. The van der Waals surface area contributed by atoms with Gasteiger partial charge in [-0.3, -0.25) is 4.90 Å². The maximum absolute atomic E-state index is 5.38. The molecule has 0 amide bonds. The highest BCUT2D eigenvalue weighted by molar-refractivity contribution is 5.25. The van der Waals surface area contributed by atoms with Crippen LogP contribution in [0.4, 0.5) is 0 Å². The first-order valence-corrected chi connectivity index (χ1v) is 7.79. The predicted octanol–water partition coefficient (Wildman–Crippen LogP) is 2.05. The molecular formula is C16H25N3O. The van der Waals surface area contributed by atoms with Crippen LogP contribution in [0.1, 0.15) is 31.2 Å². The van der Waals surface area contributed by atoms with Gasteiger partial charge in [0.1, 0.15) is 0 Å². The Morgan fingerprint density at radius 3 is 2.95 bits per heavy atom. The van der Waals surface area contributed by atoms with E-state index < -0.39 is 0 Å². The number of hydrogen-bond acceptors (Lipinski definition) is 4. The predicted molar refractivity (Wildman–Crippen MR) is 79.8 cm³/mol. The highest BCUT2D eigenvalue weighted by Crippen LogP contribution is 2.31. The van der Waals surface area contributed by atoms with E-state index in [0.29, 0.717) is 6.04 Å². The Kier molecular flexibility index (Phi) is 4.53. The molecule has 2 heterocycles. The van der Waals surface area contributed by atoms with Crippen molar-refractivity contribution >= 4 is 0 Å². The van der Waals surface area contributed by atoms with Crippen LogP contribution in [0.3, 0.4) is 0 Å². The quantitative estimate of drug-likeness (QED) is 0.826. The molecule has 1 aliphatic carbocycles. The molecule has 1 saturated heterocycles. The molecule has 4 nitrogen and oxygen atoms in total. The molecule has 0 spiro atoms. The first-order valence-electron chi connectivity index (χ1n) is 7.79. The van der Waals surface area contributed by atoms with Crippen LogP contribution in [-0.4, -0.2) is 42.7 Å². The van der Waals surface area contributed by atoms with Gasteiger partial charge in [-0.2, -0.15) is 0 Å². The zero-order valence-corrected chi connectivity index (χ0v) is 12.3. The van der Waals surface area contributed by atoms with E-state index in [0.717, 1.165) is 24.9 Å². The van der Waals surface area contributed by atoms with Crippen molar-refractivity contribution in [2.24, 2.45) is 5.92 Å². The van der Waals surface area contributed by atoms with E-state index in [2.05, 4.69) is 21.3 Å². The number of methoxy groups -OCH3 is 1. The molecule has 1 aromatic heterocycles. The largest absolute Gasteiger partial charge is 0.481 e. The first-order chi connectivity index (χ1) is 9.85. The number of pyridine rings is 1. The van der Waals surface area contributed by atoms with Crippen molar-refractivity contribution < 1.29 is 4.74 Å². The normalized spacial score (nSPS) is 22.4. The van der Waals surface area contributed by atoms with Gasteiger partial charge in [0.25, 0.3) is 0 Å². The third-order valence-electron chi connectivity index (χ3n) is 4.29. The standard InChI is InChI=1S/C16H25N3O/c1-20-16-14(4-2-9-18-16)11-19(10-13-6-7-13)12-15-5-3-8-17-15/h2,4,9,13,15,17H,3,5-8,10-12H2,1H3. The smallest absolute Gasteiger partial charge is 0.217 e. The Morgan fingerprint density at radius 1 is 1.35 bits per heavy atom. The fourth-order valence-corrected chi connectivity index (χ4v) is 3.06. The Labute approximate surface area is 121 Å². The lowest BCUT2D eigenvalue weighted by atomic mass is 10.2. The van der Waals surface area contributed by atoms with Crippen LogP contribution in [-0.2, 0) is 6.54 Å². The highest BCUT2D eigenvalue weighted by Gasteiger charge is 2.27. The molecular weight excluding hydrogens is 250 g/mol. The molecule has 1 unspecified atom stereocenters. The van der Waals surface area contributed by atoms with E-state index >= 15 is 0 Å². The number of aromatic nitrogens is 1. The molecule has 1 atom stereocenters. The highest BCUT2D eigenvalue weighted by atomic mass is 16.5. The zero-order valence-electron chi connectivity index (χ0n) is 12.3. The van der Waals surface area contributed by atoms with Crippen molar-refractivity contribution in [1.82, 2.24) is 15.2 Å². The van der Waals surface area contributed by atoms with Crippen LogP contribution in [0.25, 0.3) is 0 Å². The molecule has 110 valence electrons. The summed E-state index contributed by atoms with van der Waals surface area (Å²) in [5.41, 5.74) is 1.20. The summed E-state index contributed by atoms with van der Waals surface area (Å²) in [5.74, 6) is 1.69. The summed E-state index contributed by atoms with van der Waals surface area (Å²) in [6, 6.07) is 4.80. The maximum Gasteiger partial charge on any atom is 0.217 e. The number of rotatable bonds is 7. The molecule has 4 heteroatoms. The fraction of sp³-hybridized carbons (Fsp3) is 0.688. The van der Waals surface area contributed by atoms with Crippen LogP contribution in [0, 0.1) is 5.92 Å². The minimum atomic E-state index is 0.663. The molecule has 20 heavy (non-hydrogen) atoms. The Bertz CT molecular complexity index is 427. The Morgan fingerprint density at radius 2 is 2.25 bits per heavy atom. The lowest BCUT2D eigenvalue weighted by Crippen LogP contribution is -2.38. The third kappa shape index (κ3) is 3.70. The van der Waals surface area contributed by atoms with Crippen LogP contribution < -0.4 is 10.1 Å². The van der Waals surface area contributed by atoms with Gasteiger partial charge in [-0.05, 0) is 44.2 Å². The van der Waals surface area contributed by atoms with Crippen molar-refractivity contribution in [3.63, 3.8) is 0 Å². The van der Waals surface area contributed by atoms with Crippen molar-refractivity contribution in [2.75, 3.05) is 26.7 Å². The molecule has 2 aliphatic rings. The average molecular weight is 275 g/mol. The summed E-state index contributed by atoms with van der Waals surface area (Å²) in [6.07, 6.45) is 7.23. The minimum absolute atomic E-state index is 0.663. The summed E-state index contributed by atoms with van der Waals surface area (Å²) >= 11 is 0. The lowest BCUT2D eigenvalue weighted by Gasteiger charge is -2.26. The lowest BCUT2D eigenvalue weighted by molar-refractivity contribution is 0.228. The molecule has 0 bridgehead atoms. The molecule has 1 aromatic rings. The van der Waals surface area contributed by atoms with Crippen LogP contribution in [0.5, 0.6) is 5.88 Å². The van der Waals surface area contributed by atoms with Gasteiger partial charge in [0.15, 0.2) is 0 Å². The van der Waals surface area contributed by atoms with Crippen molar-refractivity contribution in [1.29, 1.82) is 0 Å². The van der Waals surface area contributed by atoms with E-state index in [1.807, 2.05) is 6.07 Å². The third-order valence-corrected chi connectivity index (χ3v) is 4.29. The van der Waals surface area contributed by atoms with E-state index in [9.17, 15) is 0 Å². The van der Waals surface area contributed by atoms with Gasteiger partial charge in [0.05, 0.1) is 7.11 Å². The molecule has 1 N–H and O–H groups in total. The second-order valence-electron chi connectivity index (χ2n) is 6.10. The van der Waals surface area contributed by atoms with Crippen LogP contribution >= 0.6 is 0 Å². The van der Waals surface area contributed by atoms with Gasteiger partial charge in [0.2, 0.25) is 5.88 Å². The SMILES string of the molecule is COc1ncccc1CN(CC1CC1)CC1CCCN1. The van der Waals surface area contributed by atoms with Gasteiger partial charge in [-0.25, -0.2) is 4.98 Å². The van der Waals surface area contributed by atoms with E-state index in [1.165, 1.54) is 44.3 Å². The second-order valence-corrected chi connectivity index (χ2v) is 6.10. The second kappa shape index (κ2) is 6.55. The number of hydrogen-bond donors (Lipinski definition) is 1. The van der Waals surface area contributed by atoms with Crippen molar-refractivity contribution in [3.8, 4) is 5.88 Å². The van der Waals surface area contributed by atoms with Crippen LogP contribution in [0.15, 0.2) is 18.3 Å². The van der Waals surface area contributed by atoms with Crippen molar-refractivity contribution in [2.45, 2.75) is 38.3 Å². The minimum Gasteiger partial charge on any atom is -0.481 e. The molecule has 2 fully saturated rings. The van der Waals surface area contributed by atoms with E-state index in [1.54, 1.807) is 13.3 Å². The monoisotopic (exact) mass is 275 g/mol. The van der Waals surface area contributed by atoms with Crippen LogP contribution in [0.2, 0.25) is 0 Å². The Balaban J connectivity index is 1.64. The molecule has 1 saturated carbocycles. The fourth-order valence-electron chi connectivity index (χ4n) is 3.06. The molecule has 3 rings (SSSR count). The van der Waals surface area contributed by atoms with Gasteiger partial charge in [0, 0.05) is 37.4 Å². The topological polar surface area (TPSA) is 37.4 Å². The molecule has 0 radical (unpaired) electrons. The van der Waals surface area contributed by atoms with E-state index in [4.69, 9.17) is 4.74 Å². The molecule has 1 aliphatic heterocycles. The van der Waals surface area contributed by atoms with Gasteiger partial charge in [-0.15, -0.1) is 0 Å². The van der Waals surface area contributed by atoms with Gasteiger partial charge in [-0.1, -0.05) is 6.07 Å². The average Bonchev–Trinajstić information content (AvgIpc) is 3.13. The summed E-state index contributed by atoms with van der Waals surface area (Å²) in [4.78, 5) is 6.90. The van der Waals surface area contributed by atoms with Gasteiger partial charge >= 0.3 is 0 Å². The van der Waals surface area contributed by atoms with Crippen molar-refractivity contribution in [3.05, 3.63) is 23.9 Å². The van der Waals surface area contributed by atoms with E-state index in [-0.39, 0.29) is 0 Å². The summed E-state index contributed by atoms with van der Waals surface area (Å²) in [7, 11) is 1.70.